The molecular formula is C19H20FN3O. The van der Waals surface area contributed by atoms with Gasteiger partial charge in [-0.2, -0.15) is 0 Å². The average Bonchev–Trinajstić information content (AvgIpc) is 2.56. The van der Waals surface area contributed by atoms with Gasteiger partial charge in [0.15, 0.2) is 0 Å². The van der Waals surface area contributed by atoms with E-state index in [1.807, 2.05) is 19.1 Å². The number of nitrogens with zero attached hydrogens (tertiary/aromatic N) is 2. The van der Waals surface area contributed by atoms with Gasteiger partial charge in [0.2, 0.25) is 0 Å². The first kappa shape index (κ1) is 16.1. The Balaban J connectivity index is 2.23. The van der Waals surface area contributed by atoms with Crippen LogP contribution in [0.25, 0.3) is 16.5 Å². The van der Waals surface area contributed by atoms with E-state index in [4.69, 9.17) is 5.73 Å². The van der Waals surface area contributed by atoms with Crippen molar-refractivity contribution in [2.75, 3.05) is 24.7 Å². The summed E-state index contributed by atoms with van der Waals surface area (Å²) in [6.45, 7) is 2.01. The lowest BCUT2D eigenvalue weighted by Crippen LogP contribution is -2.19. The summed E-state index contributed by atoms with van der Waals surface area (Å²) in [5.74, 6) is -0.408. The Bertz CT molecular complexity index is 976. The predicted molar refractivity (Wildman–Crippen MR) is 97.6 cm³/mol. The SMILES string of the molecule is CCc1cc(-n2ccc3cc(N(C)C)c(F)cc3c2=O)ccc1N. The third-order valence-electron chi connectivity index (χ3n) is 4.24. The Morgan fingerprint density at radius 1 is 1.17 bits per heavy atom. The minimum Gasteiger partial charge on any atom is -0.399 e. The highest BCUT2D eigenvalue weighted by molar-refractivity contribution is 5.85. The molecule has 0 spiro atoms. The molecule has 0 atom stereocenters. The van der Waals surface area contributed by atoms with Gasteiger partial charge in [0.05, 0.1) is 11.1 Å². The summed E-state index contributed by atoms with van der Waals surface area (Å²) >= 11 is 0. The molecule has 0 radical (unpaired) electrons. The maximum atomic E-state index is 14.2. The van der Waals surface area contributed by atoms with Crippen molar-refractivity contribution in [2.24, 2.45) is 0 Å². The van der Waals surface area contributed by atoms with E-state index in [2.05, 4.69) is 0 Å². The van der Waals surface area contributed by atoms with E-state index < -0.39 is 5.82 Å². The lowest BCUT2D eigenvalue weighted by Gasteiger charge is -2.15. The molecule has 2 aromatic carbocycles. The second-order valence-corrected chi connectivity index (χ2v) is 6.01. The maximum absolute atomic E-state index is 14.2. The summed E-state index contributed by atoms with van der Waals surface area (Å²) in [6.07, 6.45) is 2.50. The number of aromatic nitrogens is 1. The summed E-state index contributed by atoms with van der Waals surface area (Å²) in [4.78, 5) is 14.5. The molecule has 2 N–H and O–H groups in total. The first-order valence-electron chi connectivity index (χ1n) is 7.83. The van der Waals surface area contributed by atoms with Crippen molar-refractivity contribution in [1.29, 1.82) is 0 Å². The van der Waals surface area contributed by atoms with E-state index in [0.29, 0.717) is 22.1 Å². The molecule has 1 aromatic heterocycles. The van der Waals surface area contributed by atoms with Gasteiger partial charge < -0.3 is 10.6 Å². The summed E-state index contributed by atoms with van der Waals surface area (Å²) in [5, 5.41) is 1.07. The first-order chi connectivity index (χ1) is 11.4. The molecule has 3 aromatic rings. The van der Waals surface area contributed by atoms with Crippen LogP contribution in [0.3, 0.4) is 0 Å². The van der Waals surface area contributed by atoms with Crippen molar-refractivity contribution >= 4 is 22.1 Å². The van der Waals surface area contributed by atoms with Gasteiger partial charge >= 0.3 is 0 Å². The molecular weight excluding hydrogens is 305 g/mol. The molecule has 0 saturated heterocycles. The maximum Gasteiger partial charge on any atom is 0.263 e. The number of rotatable bonds is 3. The number of aryl methyl sites for hydroxylation is 1. The fourth-order valence-corrected chi connectivity index (χ4v) is 2.85. The molecule has 0 fully saturated rings. The highest BCUT2D eigenvalue weighted by atomic mass is 19.1. The van der Waals surface area contributed by atoms with Gasteiger partial charge in [0, 0.05) is 31.7 Å². The molecule has 0 aliphatic rings. The third-order valence-corrected chi connectivity index (χ3v) is 4.24. The number of benzene rings is 2. The van der Waals surface area contributed by atoms with Crippen LogP contribution in [-0.4, -0.2) is 18.7 Å². The smallest absolute Gasteiger partial charge is 0.263 e. The Hall–Kier alpha value is -2.82. The topological polar surface area (TPSA) is 51.3 Å². The molecule has 0 amide bonds. The average molecular weight is 325 g/mol. The fraction of sp³-hybridized carbons (Fsp3) is 0.211. The molecule has 0 unspecified atom stereocenters. The minimum absolute atomic E-state index is 0.247. The van der Waals surface area contributed by atoms with Crippen molar-refractivity contribution < 1.29 is 4.39 Å². The van der Waals surface area contributed by atoms with Crippen molar-refractivity contribution in [3.63, 3.8) is 0 Å². The van der Waals surface area contributed by atoms with Crippen LogP contribution in [0, 0.1) is 5.82 Å². The van der Waals surface area contributed by atoms with Gasteiger partial charge in [-0.1, -0.05) is 6.92 Å². The number of nitrogen functional groups attached to an aromatic ring is 1. The highest BCUT2D eigenvalue weighted by Crippen LogP contribution is 2.24. The number of pyridine rings is 1. The predicted octanol–water partition coefficient (Wildman–Crippen LogP) is 3.34. The lowest BCUT2D eigenvalue weighted by atomic mass is 10.1. The first-order valence-corrected chi connectivity index (χ1v) is 7.83. The second-order valence-electron chi connectivity index (χ2n) is 6.01. The van der Waals surface area contributed by atoms with Crippen molar-refractivity contribution in [2.45, 2.75) is 13.3 Å². The Morgan fingerprint density at radius 2 is 1.92 bits per heavy atom. The van der Waals surface area contributed by atoms with E-state index in [0.717, 1.165) is 17.7 Å². The van der Waals surface area contributed by atoms with Crippen LogP contribution < -0.4 is 16.2 Å². The normalized spacial score (nSPS) is 11.0. The van der Waals surface area contributed by atoms with Crippen LogP contribution >= 0.6 is 0 Å². The van der Waals surface area contributed by atoms with Crippen molar-refractivity contribution in [1.82, 2.24) is 4.57 Å². The zero-order valence-electron chi connectivity index (χ0n) is 14.0. The standard InChI is InChI=1S/C19H20FN3O/c1-4-12-9-14(5-6-17(12)21)23-8-7-13-10-18(22(2)3)16(20)11-15(13)19(23)24/h5-11H,4,21H2,1-3H3. The summed E-state index contributed by atoms with van der Waals surface area (Å²) < 4.78 is 15.8. The Kier molecular flexibility index (Phi) is 4.01. The molecule has 1 heterocycles. The van der Waals surface area contributed by atoms with E-state index in [1.54, 1.807) is 43.4 Å². The van der Waals surface area contributed by atoms with E-state index >= 15 is 0 Å². The molecule has 124 valence electrons. The summed E-state index contributed by atoms with van der Waals surface area (Å²) in [7, 11) is 3.54. The van der Waals surface area contributed by atoms with E-state index in [9.17, 15) is 9.18 Å². The molecule has 0 bridgehead atoms. The van der Waals surface area contributed by atoms with Crippen LogP contribution in [0.4, 0.5) is 15.8 Å². The van der Waals surface area contributed by atoms with E-state index in [1.165, 1.54) is 10.6 Å². The molecule has 0 saturated carbocycles. The number of fused-ring (bicyclic) bond motifs is 1. The van der Waals surface area contributed by atoms with Crippen LogP contribution in [0.2, 0.25) is 0 Å². The monoisotopic (exact) mass is 325 g/mol. The number of nitrogens with two attached hydrogens (primary N) is 1. The number of anilines is 2. The number of halogens is 1. The zero-order chi connectivity index (χ0) is 17.4. The summed E-state index contributed by atoms with van der Waals surface area (Å²) in [6, 6.07) is 10.3. The van der Waals surface area contributed by atoms with Crippen LogP contribution in [0.5, 0.6) is 0 Å². The largest absolute Gasteiger partial charge is 0.399 e. The second kappa shape index (κ2) is 6.00. The quantitative estimate of drug-likeness (QED) is 0.752. The number of hydrogen-bond donors (Lipinski definition) is 1. The van der Waals surface area contributed by atoms with Crippen molar-refractivity contribution in [3.8, 4) is 5.69 Å². The van der Waals surface area contributed by atoms with Gasteiger partial charge in [0.25, 0.3) is 5.56 Å². The molecule has 4 nitrogen and oxygen atoms in total. The fourth-order valence-electron chi connectivity index (χ4n) is 2.85. The Labute approximate surface area is 139 Å². The van der Waals surface area contributed by atoms with Gasteiger partial charge in [-0.15, -0.1) is 0 Å². The van der Waals surface area contributed by atoms with Gasteiger partial charge in [-0.3, -0.25) is 9.36 Å². The minimum atomic E-state index is -0.408. The highest BCUT2D eigenvalue weighted by Gasteiger charge is 2.11. The van der Waals surface area contributed by atoms with Crippen LogP contribution in [0.15, 0.2) is 47.4 Å². The molecule has 3 rings (SSSR count). The van der Waals surface area contributed by atoms with Crippen molar-refractivity contribution in [3.05, 3.63) is 64.3 Å². The van der Waals surface area contributed by atoms with Crippen LogP contribution in [-0.2, 0) is 6.42 Å². The van der Waals surface area contributed by atoms with Gasteiger partial charge in [0.1, 0.15) is 5.82 Å². The molecule has 24 heavy (non-hydrogen) atoms. The number of hydrogen-bond acceptors (Lipinski definition) is 3. The summed E-state index contributed by atoms with van der Waals surface area (Å²) in [5.41, 5.74) is 8.55. The third kappa shape index (κ3) is 2.62. The molecule has 0 aliphatic heterocycles. The van der Waals surface area contributed by atoms with Gasteiger partial charge in [-0.25, -0.2) is 4.39 Å². The van der Waals surface area contributed by atoms with E-state index in [-0.39, 0.29) is 5.56 Å². The zero-order valence-corrected chi connectivity index (χ0v) is 14.0. The molecule has 5 heteroatoms. The van der Waals surface area contributed by atoms with Gasteiger partial charge in [-0.05, 0) is 53.8 Å². The van der Waals surface area contributed by atoms with Crippen LogP contribution in [0.1, 0.15) is 12.5 Å². The Morgan fingerprint density at radius 3 is 2.58 bits per heavy atom. The lowest BCUT2D eigenvalue weighted by molar-refractivity contribution is 0.628. The molecule has 0 aliphatic carbocycles.